The zero-order valence-electron chi connectivity index (χ0n) is 15.9. The minimum absolute atomic E-state index is 0.0449. The molecule has 0 saturated heterocycles. The topological polar surface area (TPSA) is 72.5 Å². The summed E-state index contributed by atoms with van der Waals surface area (Å²) >= 11 is 1.39. The molecular formula is C21H23NO4S. The van der Waals surface area contributed by atoms with Crippen LogP contribution in [0.15, 0.2) is 47.4 Å². The van der Waals surface area contributed by atoms with Gasteiger partial charge in [0.1, 0.15) is 0 Å². The van der Waals surface area contributed by atoms with Gasteiger partial charge in [0.2, 0.25) is 0 Å². The highest BCUT2D eigenvalue weighted by molar-refractivity contribution is 8.00. The molecule has 5 nitrogen and oxygen atoms in total. The van der Waals surface area contributed by atoms with Gasteiger partial charge in [0, 0.05) is 16.1 Å². The molecule has 0 aliphatic rings. The van der Waals surface area contributed by atoms with Gasteiger partial charge >= 0.3 is 5.97 Å². The van der Waals surface area contributed by atoms with Crippen molar-refractivity contribution >= 4 is 35.1 Å². The lowest BCUT2D eigenvalue weighted by Crippen LogP contribution is -2.30. The van der Waals surface area contributed by atoms with Crippen molar-refractivity contribution in [2.75, 3.05) is 11.1 Å². The van der Waals surface area contributed by atoms with Crippen molar-refractivity contribution in [2.24, 2.45) is 0 Å². The molecule has 0 spiro atoms. The van der Waals surface area contributed by atoms with Crippen LogP contribution in [0.25, 0.3) is 0 Å². The Labute approximate surface area is 163 Å². The van der Waals surface area contributed by atoms with Crippen molar-refractivity contribution in [2.45, 2.75) is 38.7 Å². The Bertz CT molecular complexity index is 846. The first kappa shape index (κ1) is 20.7. The van der Waals surface area contributed by atoms with E-state index in [-0.39, 0.29) is 11.5 Å². The number of carbonyl (C=O) groups excluding carboxylic acids is 3. The molecule has 2 aromatic rings. The molecule has 0 saturated carbocycles. The number of thioether (sulfide) groups is 1. The summed E-state index contributed by atoms with van der Waals surface area (Å²) in [5, 5.41) is 2.67. The SMILES string of the molecule is CC(=O)c1ccc(NC(=O)[C@@H](C)OC(=O)CSc2cc(C)ccc2C)cc1. The van der Waals surface area contributed by atoms with Gasteiger partial charge in [-0.3, -0.25) is 14.4 Å². The van der Waals surface area contributed by atoms with E-state index in [4.69, 9.17) is 4.74 Å². The van der Waals surface area contributed by atoms with Crippen molar-refractivity contribution in [1.29, 1.82) is 0 Å². The molecule has 0 aliphatic carbocycles. The number of carbonyl (C=O) groups is 3. The number of amides is 1. The van der Waals surface area contributed by atoms with Crippen molar-refractivity contribution < 1.29 is 19.1 Å². The number of ether oxygens (including phenoxy) is 1. The molecule has 27 heavy (non-hydrogen) atoms. The predicted octanol–water partition coefficient (Wildman–Crippen LogP) is 4.17. The Hall–Kier alpha value is -2.60. The number of hydrogen-bond donors (Lipinski definition) is 1. The van der Waals surface area contributed by atoms with E-state index in [1.165, 1.54) is 25.6 Å². The average Bonchev–Trinajstić information content (AvgIpc) is 2.62. The summed E-state index contributed by atoms with van der Waals surface area (Å²) in [5.74, 6) is -0.780. The maximum atomic E-state index is 12.2. The van der Waals surface area contributed by atoms with Gasteiger partial charge in [0.15, 0.2) is 11.9 Å². The van der Waals surface area contributed by atoms with E-state index < -0.39 is 18.0 Å². The molecule has 6 heteroatoms. The second-order valence-corrected chi connectivity index (χ2v) is 7.33. The number of esters is 1. The van der Waals surface area contributed by atoms with Crippen LogP contribution in [0, 0.1) is 13.8 Å². The number of benzene rings is 2. The largest absolute Gasteiger partial charge is 0.452 e. The zero-order chi connectivity index (χ0) is 20.0. The number of aryl methyl sites for hydroxylation is 2. The van der Waals surface area contributed by atoms with Crippen LogP contribution in [-0.2, 0) is 14.3 Å². The van der Waals surface area contributed by atoms with Crippen molar-refractivity contribution in [3.8, 4) is 0 Å². The highest BCUT2D eigenvalue weighted by Crippen LogP contribution is 2.23. The third kappa shape index (κ3) is 6.25. The molecular weight excluding hydrogens is 362 g/mol. The fourth-order valence-electron chi connectivity index (χ4n) is 2.32. The van der Waals surface area contributed by atoms with E-state index in [1.54, 1.807) is 24.3 Å². The Balaban J connectivity index is 1.85. The highest BCUT2D eigenvalue weighted by Gasteiger charge is 2.18. The summed E-state index contributed by atoms with van der Waals surface area (Å²) in [6, 6.07) is 12.6. The van der Waals surface area contributed by atoms with E-state index >= 15 is 0 Å². The number of nitrogens with one attached hydrogen (secondary N) is 1. The maximum absolute atomic E-state index is 12.2. The zero-order valence-corrected chi connectivity index (χ0v) is 16.7. The van der Waals surface area contributed by atoms with Crippen LogP contribution in [0.3, 0.4) is 0 Å². The van der Waals surface area contributed by atoms with E-state index in [9.17, 15) is 14.4 Å². The Morgan fingerprint density at radius 3 is 2.37 bits per heavy atom. The third-order valence-corrected chi connectivity index (χ3v) is 5.06. The maximum Gasteiger partial charge on any atom is 0.317 e. The van der Waals surface area contributed by atoms with Gasteiger partial charge in [-0.05, 0) is 63.6 Å². The van der Waals surface area contributed by atoms with Crippen LogP contribution >= 0.6 is 11.8 Å². The number of rotatable bonds is 7. The van der Waals surface area contributed by atoms with Gasteiger partial charge in [0.05, 0.1) is 5.75 Å². The minimum atomic E-state index is -0.913. The number of Topliss-reactive ketones (excluding diaryl/α,β-unsaturated/α-hetero) is 1. The predicted molar refractivity (Wildman–Crippen MR) is 107 cm³/mol. The van der Waals surface area contributed by atoms with Crippen molar-refractivity contribution in [1.82, 2.24) is 0 Å². The number of anilines is 1. The molecule has 1 amide bonds. The highest BCUT2D eigenvalue weighted by atomic mass is 32.2. The second-order valence-electron chi connectivity index (χ2n) is 6.31. The Morgan fingerprint density at radius 1 is 1.07 bits per heavy atom. The van der Waals surface area contributed by atoms with Crippen LogP contribution in [0.4, 0.5) is 5.69 Å². The van der Waals surface area contributed by atoms with Gasteiger partial charge in [-0.2, -0.15) is 0 Å². The molecule has 0 aliphatic heterocycles. The van der Waals surface area contributed by atoms with Crippen LogP contribution in [-0.4, -0.2) is 29.5 Å². The molecule has 0 heterocycles. The van der Waals surface area contributed by atoms with Gasteiger partial charge in [-0.1, -0.05) is 17.7 Å². The molecule has 0 bridgehead atoms. The molecule has 0 aromatic heterocycles. The molecule has 0 radical (unpaired) electrons. The van der Waals surface area contributed by atoms with Gasteiger partial charge in [-0.15, -0.1) is 11.8 Å². The smallest absolute Gasteiger partial charge is 0.317 e. The lowest BCUT2D eigenvalue weighted by Gasteiger charge is -2.14. The molecule has 1 atom stereocenters. The minimum Gasteiger partial charge on any atom is -0.452 e. The Morgan fingerprint density at radius 2 is 1.74 bits per heavy atom. The molecule has 1 N–H and O–H groups in total. The fraction of sp³-hybridized carbons (Fsp3) is 0.286. The first-order chi connectivity index (χ1) is 12.8. The van der Waals surface area contributed by atoms with Crippen molar-refractivity contribution in [3.05, 3.63) is 59.2 Å². The quantitative estimate of drug-likeness (QED) is 0.440. The van der Waals surface area contributed by atoms with E-state index in [1.807, 2.05) is 32.0 Å². The monoisotopic (exact) mass is 385 g/mol. The summed E-state index contributed by atoms with van der Waals surface area (Å²) in [4.78, 5) is 36.5. The standard InChI is InChI=1S/C21H23NO4S/c1-13-5-6-14(2)19(11-13)27-12-20(24)26-16(4)21(25)22-18-9-7-17(8-10-18)15(3)23/h5-11,16H,12H2,1-4H3,(H,22,25)/t16-/m1/s1. The molecule has 2 rings (SSSR count). The van der Waals surface area contributed by atoms with E-state index in [0.29, 0.717) is 11.3 Å². The van der Waals surface area contributed by atoms with Crippen molar-refractivity contribution in [3.63, 3.8) is 0 Å². The molecule has 142 valence electrons. The fourth-order valence-corrected chi connectivity index (χ4v) is 3.22. The first-order valence-electron chi connectivity index (χ1n) is 8.57. The van der Waals surface area contributed by atoms with Crippen LogP contribution in [0.5, 0.6) is 0 Å². The average molecular weight is 385 g/mol. The van der Waals surface area contributed by atoms with Gasteiger partial charge in [-0.25, -0.2) is 0 Å². The van der Waals surface area contributed by atoms with E-state index in [0.717, 1.165) is 16.0 Å². The summed E-state index contributed by atoms with van der Waals surface area (Å²) in [5.41, 5.74) is 3.33. The number of hydrogen-bond acceptors (Lipinski definition) is 5. The molecule has 0 fully saturated rings. The van der Waals surface area contributed by atoms with Gasteiger partial charge < -0.3 is 10.1 Å². The summed E-state index contributed by atoms with van der Waals surface area (Å²) in [7, 11) is 0. The summed E-state index contributed by atoms with van der Waals surface area (Å²) in [6.07, 6.45) is -0.913. The molecule has 0 unspecified atom stereocenters. The van der Waals surface area contributed by atoms with Crippen LogP contribution in [0.1, 0.15) is 35.3 Å². The van der Waals surface area contributed by atoms with Gasteiger partial charge in [0.25, 0.3) is 5.91 Å². The van der Waals surface area contributed by atoms with Crippen LogP contribution < -0.4 is 5.32 Å². The van der Waals surface area contributed by atoms with Crippen LogP contribution in [0.2, 0.25) is 0 Å². The lowest BCUT2D eigenvalue weighted by molar-refractivity contribution is -0.150. The Kier molecular flexibility index (Phi) is 7.19. The molecule has 2 aromatic carbocycles. The third-order valence-electron chi connectivity index (χ3n) is 3.93. The number of ketones is 1. The summed E-state index contributed by atoms with van der Waals surface area (Å²) < 4.78 is 5.21. The first-order valence-corrected chi connectivity index (χ1v) is 9.56. The second kappa shape index (κ2) is 9.37. The normalized spacial score (nSPS) is 11.6. The summed E-state index contributed by atoms with van der Waals surface area (Å²) in [6.45, 7) is 6.99. The lowest BCUT2D eigenvalue weighted by atomic mass is 10.1. The van der Waals surface area contributed by atoms with E-state index in [2.05, 4.69) is 5.32 Å².